The molecule has 0 nitrogen and oxygen atoms in total. The summed E-state index contributed by atoms with van der Waals surface area (Å²) in [5, 5.41) is 0. The number of hydrogen-bond acceptors (Lipinski definition) is 0. The van der Waals surface area contributed by atoms with Gasteiger partial charge in [-0.2, -0.15) is 0 Å². The standard InChI is InChI=1S/C9H15/c1-2-3-6-9-7-4-5-8-9/h2,4-5,9H,3,6-8H2,1H3. The van der Waals surface area contributed by atoms with Gasteiger partial charge in [0.2, 0.25) is 0 Å². The average Bonchev–Trinajstić information content (AvgIpc) is 2.34. The molecule has 0 bridgehead atoms. The summed E-state index contributed by atoms with van der Waals surface area (Å²) in [6.45, 7) is 2.14. The van der Waals surface area contributed by atoms with E-state index in [0.717, 1.165) is 5.92 Å². The zero-order valence-electron chi connectivity index (χ0n) is 6.14. The summed E-state index contributed by atoms with van der Waals surface area (Å²) in [4.78, 5) is 0. The third kappa shape index (κ3) is 2.21. The predicted molar refractivity (Wildman–Crippen MR) is 41.1 cm³/mol. The Balaban J connectivity index is 2.01. The Morgan fingerprint density at radius 2 is 2.11 bits per heavy atom. The van der Waals surface area contributed by atoms with Crippen molar-refractivity contribution in [1.82, 2.24) is 0 Å². The highest BCUT2D eigenvalue weighted by Crippen LogP contribution is 2.22. The first-order chi connectivity index (χ1) is 4.43. The van der Waals surface area contributed by atoms with Gasteiger partial charge in [0.05, 0.1) is 0 Å². The van der Waals surface area contributed by atoms with Gasteiger partial charge in [-0.15, -0.1) is 0 Å². The molecule has 1 radical (unpaired) electrons. The number of hydrogen-bond donors (Lipinski definition) is 0. The molecule has 0 N–H and O–H groups in total. The van der Waals surface area contributed by atoms with Crippen LogP contribution >= 0.6 is 0 Å². The van der Waals surface area contributed by atoms with Crippen LogP contribution in [-0.4, -0.2) is 0 Å². The molecule has 0 spiro atoms. The summed E-state index contributed by atoms with van der Waals surface area (Å²) in [7, 11) is 0. The van der Waals surface area contributed by atoms with Gasteiger partial charge in [0, 0.05) is 0 Å². The highest BCUT2D eigenvalue weighted by Gasteiger charge is 2.07. The molecule has 0 unspecified atom stereocenters. The molecule has 1 aliphatic carbocycles. The van der Waals surface area contributed by atoms with E-state index in [0.29, 0.717) is 0 Å². The molecular weight excluding hydrogens is 108 g/mol. The summed E-state index contributed by atoms with van der Waals surface area (Å²) < 4.78 is 0. The van der Waals surface area contributed by atoms with Crippen LogP contribution in [0.3, 0.4) is 0 Å². The lowest BCUT2D eigenvalue weighted by Gasteiger charge is -2.05. The Hall–Kier alpha value is -0.260. The van der Waals surface area contributed by atoms with Crippen molar-refractivity contribution in [2.75, 3.05) is 0 Å². The lowest BCUT2D eigenvalue weighted by atomic mass is 10.0. The molecule has 0 saturated heterocycles. The fourth-order valence-electron chi connectivity index (χ4n) is 1.31. The van der Waals surface area contributed by atoms with Crippen LogP contribution in [0.2, 0.25) is 0 Å². The monoisotopic (exact) mass is 123 g/mol. The Morgan fingerprint density at radius 1 is 1.44 bits per heavy atom. The fraction of sp³-hybridized carbons (Fsp3) is 0.667. The Morgan fingerprint density at radius 3 is 2.67 bits per heavy atom. The second kappa shape index (κ2) is 3.71. The summed E-state index contributed by atoms with van der Waals surface area (Å²) in [5.41, 5.74) is 0. The van der Waals surface area contributed by atoms with E-state index in [4.69, 9.17) is 0 Å². The van der Waals surface area contributed by atoms with Gasteiger partial charge >= 0.3 is 0 Å². The van der Waals surface area contributed by atoms with Crippen LogP contribution in [0.25, 0.3) is 0 Å². The largest absolute Gasteiger partial charge is 0.0882 e. The minimum absolute atomic E-state index is 0.973. The van der Waals surface area contributed by atoms with Crippen molar-refractivity contribution in [3.05, 3.63) is 18.6 Å². The maximum absolute atomic E-state index is 2.31. The van der Waals surface area contributed by atoms with Gasteiger partial charge in [-0.25, -0.2) is 0 Å². The van der Waals surface area contributed by atoms with E-state index in [1.54, 1.807) is 0 Å². The van der Waals surface area contributed by atoms with Crippen molar-refractivity contribution in [3.63, 3.8) is 0 Å². The fourth-order valence-corrected chi connectivity index (χ4v) is 1.31. The molecule has 0 aromatic rings. The van der Waals surface area contributed by atoms with Gasteiger partial charge < -0.3 is 0 Å². The quantitative estimate of drug-likeness (QED) is 0.506. The van der Waals surface area contributed by atoms with E-state index in [2.05, 4.69) is 25.5 Å². The average molecular weight is 123 g/mol. The van der Waals surface area contributed by atoms with Crippen LogP contribution < -0.4 is 0 Å². The maximum Gasteiger partial charge on any atom is -0.0319 e. The Labute approximate surface area is 58.0 Å². The molecule has 0 atom stereocenters. The normalized spacial score (nSPS) is 19.2. The zero-order chi connectivity index (χ0) is 6.53. The second-order valence-corrected chi connectivity index (χ2v) is 2.79. The van der Waals surface area contributed by atoms with Crippen molar-refractivity contribution in [1.29, 1.82) is 0 Å². The number of allylic oxidation sites excluding steroid dienone is 2. The van der Waals surface area contributed by atoms with Crippen molar-refractivity contribution >= 4 is 0 Å². The van der Waals surface area contributed by atoms with E-state index in [1.165, 1.54) is 25.7 Å². The molecular formula is C9H15. The third-order valence-corrected chi connectivity index (χ3v) is 1.97. The van der Waals surface area contributed by atoms with Crippen molar-refractivity contribution in [2.24, 2.45) is 5.92 Å². The Bertz CT molecular complexity index is 84.2. The number of rotatable bonds is 3. The molecule has 0 fully saturated rings. The van der Waals surface area contributed by atoms with Crippen LogP contribution in [0, 0.1) is 12.3 Å². The summed E-state index contributed by atoms with van der Waals surface area (Å²) in [6, 6.07) is 0. The minimum Gasteiger partial charge on any atom is -0.0882 e. The second-order valence-electron chi connectivity index (χ2n) is 2.79. The van der Waals surface area contributed by atoms with E-state index >= 15 is 0 Å². The predicted octanol–water partition coefficient (Wildman–Crippen LogP) is 2.96. The topological polar surface area (TPSA) is 0 Å². The maximum atomic E-state index is 2.31. The van der Waals surface area contributed by atoms with E-state index in [1.807, 2.05) is 0 Å². The summed E-state index contributed by atoms with van der Waals surface area (Å²) >= 11 is 0. The van der Waals surface area contributed by atoms with E-state index in [9.17, 15) is 0 Å². The molecule has 0 amide bonds. The van der Waals surface area contributed by atoms with Gasteiger partial charge in [0.1, 0.15) is 0 Å². The molecule has 0 saturated carbocycles. The summed E-state index contributed by atoms with van der Waals surface area (Å²) in [5.74, 6) is 0.973. The Kier molecular flexibility index (Phi) is 2.82. The molecule has 1 rings (SSSR count). The van der Waals surface area contributed by atoms with Crippen LogP contribution in [-0.2, 0) is 0 Å². The lowest BCUT2D eigenvalue weighted by Crippen LogP contribution is -1.92. The SMILES string of the molecule is C[CH]CCC1CC=CC1. The smallest absolute Gasteiger partial charge is 0.0319 e. The first-order valence-electron chi connectivity index (χ1n) is 3.86. The molecule has 0 aromatic heterocycles. The van der Waals surface area contributed by atoms with E-state index < -0.39 is 0 Å². The highest BCUT2D eigenvalue weighted by molar-refractivity contribution is 4.94. The molecule has 51 valence electrons. The van der Waals surface area contributed by atoms with Crippen LogP contribution in [0.5, 0.6) is 0 Å². The van der Waals surface area contributed by atoms with Crippen LogP contribution in [0.15, 0.2) is 12.2 Å². The van der Waals surface area contributed by atoms with E-state index in [-0.39, 0.29) is 0 Å². The van der Waals surface area contributed by atoms with Crippen molar-refractivity contribution in [3.8, 4) is 0 Å². The zero-order valence-corrected chi connectivity index (χ0v) is 6.14. The number of unbranched alkanes of at least 4 members (excludes halogenated alkanes) is 1. The molecule has 9 heavy (non-hydrogen) atoms. The minimum atomic E-state index is 0.973. The van der Waals surface area contributed by atoms with Crippen molar-refractivity contribution < 1.29 is 0 Å². The van der Waals surface area contributed by atoms with Crippen molar-refractivity contribution in [2.45, 2.75) is 32.6 Å². The van der Waals surface area contributed by atoms with Gasteiger partial charge in [0.15, 0.2) is 0 Å². The third-order valence-electron chi connectivity index (χ3n) is 1.97. The molecule has 0 heterocycles. The molecule has 1 aliphatic rings. The van der Waals surface area contributed by atoms with Crippen LogP contribution in [0.1, 0.15) is 32.6 Å². The molecule has 0 aromatic carbocycles. The molecule has 0 heteroatoms. The first-order valence-corrected chi connectivity index (χ1v) is 3.86. The van der Waals surface area contributed by atoms with Gasteiger partial charge in [-0.05, 0) is 31.6 Å². The highest BCUT2D eigenvalue weighted by atomic mass is 14.1. The summed E-state index contributed by atoms with van der Waals surface area (Å²) in [6.07, 6.45) is 12.2. The van der Waals surface area contributed by atoms with Crippen LogP contribution in [0.4, 0.5) is 0 Å². The molecule has 0 aliphatic heterocycles. The van der Waals surface area contributed by atoms with Gasteiger partial charge in [-0.3, -0.25) is 0 Å². The van der Waals surface area contributed by atoms with Gasteiger partial charge in [-0.1, -0.05) is 25.5 Å². The lowest BCUT2D eigenvalue weighted by molar-refractivity contribution is 0.519. The van der Waals surface area contributed by atoms with Gasteiger partial charge in [0.25, 0.3) is 0 Å². The first kappa shape index (κ1) is 6.85.